The maximum atomic E-state index is 6.28. The van der Waals surface area contributed by atoms with Crippen molar-refractivity contribution in [2.75, 3.05) is 6.61 Å². The second-order valence-corrected chi connectivity index (χ2v) is 6.86. The number of hydrogen-bond acceptors (Lipinski definition) is 2. The van der Waals surface area contributed by atoms with Crippen molar-refractivity contribution >= 4 is 11.6 Å². The normalized spacial score (nSPS) is 33.6. The summed E-state index contributed by atoms with van der Waals surface area (Å²) >= 11 is 6.28. The summed E-state index contributed by atoms with van der Waals surface area (Å²) < 4.78 is 5.84. The lowest BCUT2D eigenvalue weighted by Crippen LogP contribution is -2.66. The zero-order valence-electron chi connectivity index (χ0n) is 11.8. The van der Waals surface area contributed by atoms with Crippen LogP contribution in [0.2, 0.25) is 5.02 Å². The molecule has 3 rings (SSSR count). The first-order chi connectivity index (χ1) is 9.01. The van der Waals surface area contributed by atoms with Crippen molar-refractivity contribution in [1.29, 1.82) is 0 Å². The van der Waals surface area contributed by atoms with Crippen molar-refractivity contribution in [2.24, 2.45) is 11.3 Å². The average molecular weight is 280 g/mol. The van der Waals surface area contributed by atoms with Gasteiger partial charge in [0, 0.05) is 35.0 Å². The number of fused-ring (bicyclic) bond motifs is 1. The minimum absolute atomic E-state index is 0.219. The maximum absolute atomic E-state index is 6.28. The van der Waals surface area contributed by atoms with Crippen molar-refractivity contribution in [2.45, 2.75) is 45.4 Å². The Labute approximate surface area is 120 Å². The van der Waals surface area contributed by atoms with Crippen LogP contribution in [0.5, 0.6) is 0 Å². The highest BCUT2D eigenvalue weighted by molar-refractivity contribution is 6.31. The molecular formula is C16H22ClNO. The summed E-state index contributed by atoms with van der Waals surface area (Å²) in [5.41, 5.74) is 1.40. The highest BCUT2D eigenvalue weighted by Gasteiger charge is 2.59. The standard InChI is InChI=1S/C16H22ClNO/c1-10(11-6-4-5-7-13(11)17)18-14-12-8-9-19-15(12)16(14,2)3/h4-7,10,12,14-15,18H,8-9H2,1-3H3. The summed E-state index contributed by atoms with van der Waals surface area (Å²) in [7, 11) is 0. The molecule has 0 radical (unpaired) electrons. The fourth-order valence-corrected chi connectivity index (χ4v) is 4.15. The number of hydrogen-bond donors (Lipinski definition) is 1. The molecule has 1 heterocycles. The van der Waals surface area contributed by atoms with Crippen LogP contribution in [0.4, 0.5) is 0 Å². The Hall–Kier alpha value is -0.570. The highest BCUT2D eigenvalue weighted by atomic mass is 35.5. The van der Waals surface area contributed by atoms with Crippen LogP contribution in [0.15, 0.2) is 24.3 Å². The Morgan fingerprint density at radius 2 is 2.11 bits per heavy atom. The van der Waals surface area contributed by atoms with Crippen molar-refractivity contribution in [1.82, 2.24) is 5.32 Å². The molecule has 1 aliphatic heterocycles. The van der Waals surface area contributed by atoms with Gasteiger partial charge in [-0.05, 0) is 25.0 Å². The summed E-state index contributed by atoms with van der Waals surface area (Å²) in [6.07, 6.45) is 1.62. The van der Waals surface area contributed by atoms with E-state index in [-0.39, 0.29) is 11.5 Å². The molecule has 1 aromatic carbocycles. The molecule has 4 atom stereocenters. The quantitative estimate of drug-likeness (QED) is 0.909. The van der Waals surface area contributed by atoms with E-state index in [4.69, 9.17) is 16.3 Å². The van der Waals surface area contributed by atoms with Gasteiger partial charge >= 0.3 is 0 Å². The smallest absolute Gasteiger partial charge is 0.0685 e. The van der Waals surface area contributed by atoms with E-state index in [1.165, 1.54) is 12.0 Å². The van der Waals surface area contributed by atoms with Gasteiger partial charge in [0.1, 0.15) is 0 Å². The first kappa shape index (κ1) is 13.4. The lowest BCUT2D eigenvalue weighted by molar-refractivity contribution is -0.115. The molecule has 0 bridgehead atoms. The van der Waals surface area contributed by atoms with Gasteiger partial charge in [-0.1, -0.05) is 43.6 Å². The van der Waals surface area contributed by atoms with Crippen LogP contribution in [0.3, 0.4) is 0 Å². The Bertz CT molecular complexity index is 474. The van der Waals surface area contributed by atoms with Crippen molar-refractivity contribution in [3.63, 3.8) is 0 Å². The summed E-state index contributed by atoms with van der Waals surface area (Å²) in [5, 5.41) is 4.62. The Kier molecular flexibility index (Phi) is 3.36. The Morgan fingerprint density at radius 3 is 2.84 bits per heavy atom. The van der Waals surface area contributed by atoms with Crippen LogP contribution in [0, 0.1) is 11.3 Å². The molecule has 1 saturated carbocycles. The van der Waals surface area contributed by atoms with Gasteiger partial charge < -0.3 is 10.1 Å². The number of rotatable bonds is 3. The zero-order valence-corrected chi connectivity index (χ0v) is 12.6. The Morgan fingerprint density at radius 1 is 1.37 bits per heavy atom. The van der Waals surface area contributed by atoms with E-state index in [0.29, 0.717) is 18.1 Å². The minimum Gasteiger partial charge on any atom is -0.377 e. The third-order valence-corrected chi connectivity index (χ3v) is 5.25. The summed E-state index contributed by atoms with van der Waals surface area (Å²) in [4.78, 5) is 0. The third kappa shape index (κ3) is 2.10. The SMILES string of the molecule is CC(NC1C2CCOC2C1(C)C)c1ccccc1Cl. The number of halogens is 1. The molecule has 1 saturated heterocycles. The second-order valence-electron chi connectivity index (χ2n) is 6.45. The van der Waals surface area contributed by atoms with E-state index >= 15 is 0 Å². The molecule has 2 nitrogen and oxygen atoms in total. The van der Waals surface area contributed by atoms with Crippen LogP contribution < -0.4 is 5.32 Å². The highest BCUT2D eigenvalue weighted by Crippen LogP contribution is 2.52. The van der Waals surface area contributed by atoms with Crippen LogP contribution >= 0.6 is 11.6 Å². The molecule has 1 aliphatic carbocycles. The van der Waals surface area contributed by atoms with E-state index < -0.39 is 0 Å². The van der Waals surface area contributed by atoms with Crippen molar-refractivity contribution in [3.8, 4) is 0 Å². The molecule has 0 amide bonds. The van der Waals surface area contributed by atoms with Gasteiger partial charge in [0.15, 0.2) is 0 Å². The second kappa shape index (κ2) is 4.76. The van der Waals surface area contributed by atoms with E-state index in [0.717, 1.165) is 11.6 Å². The van der Waals surface area contributed by atoms with Gasteiger partial charge in [-0.15, -0.1) is 0 Å². The van der Waals surface area contributed by atoms with Crippen LogP contribution in [0.1, 0.15) is 38.8 Å². The molecule has 0 spiro atoms. The molecule has 2 aliphatic rings. The predicted molar refractivity (Wildman–Crippen MR) is 78.4 cm³/mol. The molecule has 2 fully saturated rings. The number of ether oxygens (including phenoxy) is 1. The predicted octanol–water partition coefficient (Wildman–Crippen LogP) is 3.80. The first-order valence-electron chi connectivity index (χ1n) is 7.14. The number of benzene rings is 1. The number of nitrogens with one attached hydrogen (secondary N) is 1. The fraction of sp³-hybridized carbons (Fsp3) is 0.625. The molecule has 1 aromatic rings. The maximum Gasteiger partial charge on any atom is 0.0685 e. The van der Waals surface area contributed by atoms with E-state index in [9.17, 15) is 0 Å². The molecular weight excluding hydrogens is 258 g/mol. The lowest BCUT2D eigenvalue weighted by atomic mass is 9.57. The monoisotopic (exact) mass is 279 g/mol. The topological polar surface area (TPSA) is 21.3 Å². The summed E-state index contributed by atoms with van der Waals surface area (Å²) in [6, 6.07) is 8.89. The summed E-state index contributed by atoms with van der Waals surface area (Å²) in [5.74, 6) is 0.667. The van der Waals surface area contributed by atoms with Gasteiger partial charge in [0.2, 0.25) is 0 Å². The van der Waals surface area contributed by atoms with E-state index in [2.05, 4.69) is 32.2 Å². The Balaban J connectivity index is 1.74. The van der Waals surface area contributed by atoms with Gasteiger partial charge in [0.05, 0.1) is 6.10 Å². The van der Waals surface area contributed by atoms with Gasteiger partial charge in [-0.2, -0.15) is 0 Å². The van der Waals surface area contributed by atoms with Crippen molar-refractivity contribution < 1.29 is 4.74 Å². The summed E-state index contributed by atoms with van der Waals surface area (Å²) in [6.45, 7) is 7.71. The van der Waals surface area contributed by atoms with E-state index in [1.54, 1.807) is 0 Å². The largest absolute Gasteiger partial charge is 0.377 e. The van der Waals surface area contributed by atoms with E-state index in [1.807, 2.05) is 18.2 Å². The molecule has 4 unspecified atom stereocenters. The van der Waals surface area contributed by atoms with Crippen LogP contribution in [-0.2, 0) is 4.74 Å². The zero-order chi connectivity index (χ0) is 13.6. The lowest BCUT2D eigenvalue weighted by Gasteiger charge is -2.55. The molecule has 104 valence electrons. The first-order valence-corrected chi connectivity index (χ1v) is 7.51. The van der Waals surface area contributed by atoms with Gasteiger partial charge in [-0.3, -0.25) is 0 Å². The fourth-order valence-electron chi connectivity index (χ4n) is 3.85. The van der Waals surface area contributed by atoms with Crippen LogP contribution in [0.25, 0.3) is 0 Å². The van der Waals surface area contributed by atoms with Gasteiger partial charge in [0.25, 0.3) is 0 Å². The average Bonchev–Trinajstić information content (AvgIpc) is 2.83. The molecule has 1 N–H and O–H groups in total. The minimum atomic E-state index is 0.219. The molecule has 19 heavy (non-hydrogen) atoms. The van der Waals surface area contributed by atoms with Gasteiger partial charge in [-0.25, -0.2) is 0 Å². The molecule has 3 heteroatoms. The molecule has 0 aromatic heterocycles. The van der Waals surface area contributed by atoms with Crippen molar-refractivity contribution in [3.05, 3.63) is 34.9 Å². The third-order valence-electron chi connectivity index (χ3n) is 4.90. The van der Waals surface area contributed by atoms with Crippen LogP contribution in [-0.4, -0.2) is 18.8 Å².